The van der Waals surface area contributed by atoms with E-state index in [2.05, 4.69) is 21.4 Å². The smallest absolute Gasteiger partial charge is 0.274 e. The van der Waals surface area contributed by atoms with Crippen LogP contribution in [0.15, 0.2) is 24.5 Å². The van der Waals surface area contributed by atoms with Crippen LogP contribution >= 0.6 is 0 Å². The van der Waals surface area contributed by atoms with E-state index in [0.717, 1.165) is 29.8 Å². The number of nitrogens with one attached hydrogen (secondary N) is 1. The van der Waals surface area contributed by atoms with Crippen LogP contribution in [0.5, 0.6) is 0 Å². The van der Waals surface area contributed by atoms with E-state index in [1.807, 2.05) is 31.3 Å². The Morgan fingerprint density at radius 1 is 1.45 bits per heavy atom. The Balaban J connectivity index is 1.77. The Bertz CT molecular complexity index is 667. The van der Waals surface area contributed by atoms with E-state index in [9.17, 15) is 4.79 Å². The Morgan fingerprint density at radius 3 is 2.95 bits per heavy atom. The molecule has 2 aromatic rings. The first-order valence-electron chi connectivity index (χ1n) is 6.63. The molecule has 0 spiro atoms. The van der Waals surface area contributed by atoms with Gasteiger partial charge in [0.1, 0.15) is 5.69 Å². The van der Waals surface area contributed by atoms with Gasteiger partial charge in [-0.05, 0) is 25.0 Å². The minimum absolute atomic E-state index is 0.0242. The maximum Gasteiger partial charge on any atom is 0.274 e. The third-order valence-corrected chi connectivity index (χ3v) is 3.44. The molecule has 0 aliphatic carbocycles. The Hall–Kier alpha value is -2.37. The molecule has 0 aromatic carbocycles. The van der Waals surface area contributed by atoms with Crippen molar-refractivity contribution in [1.82, 2.24) is 24.9 Å². The van der Waals surface area contributed by atoms with E-state index in [1.54, 1.807) is 10.7 Å². The van der Waals surface area contributed by atoms with Gasteiger partial charge in [0.25, 0.3) is 5.91 Å². The third-order valence-electron chi connectivity index (χ3n) is 3.44. The lowest BCUT2D eigenvalue weighted by Gasteiger charge is -2.26. The molecule has 20 heavy (non-hydrogen) atoms. The van der Waals surface area contributed by atoms with Crippen molar-refractivity contribution in [3.8, 4) is 0 Å². The van der Waals surface area contributed by atoms with E-state index in [1.165, 1.54) is 0 Å². The molecule has 6 heteroatoms. The fraction of sp³-hybridized carbons (Fsp3) is 0.357. The Labute approximate surface area is 117 Å². The number of aromatic nitrogens is 4. The molecule has 104 valence electrons. The quantitative estimate of drug-likeness (QED) is 0.897. The summed E-state index contributed by atoms with van der Waals surface area (Å²) in [4.78, 5) is 14.2. The van der Waals surface area contributed by atoms with E-state index in [4.69, 9.17) is 0 Å². The van der Waals surface area contributed by atoms with Gasteiger partial charge >= 0.3 is 0 Å². The van der Waals surface area contributed by atoms with Crippen LogP contribution in [0.4, 0.5) is 0 Å². The summed E-state index contributed by atoms with van der Waals surface area (Å²) in [5.41, 5.74) is 3.59. The predicted octanol–water partition coefficient (Wildman–Crippen LogP) is 1.38. The summed E-state index contributed by atoms with van der Waals surface area (Å²) in [7, 11) is 1.89. The third kappa shape index (κ3) is 2.36. The first-order chi connectivity index (χ1) is 9.63. The fourth-order valence-corrected chi connectivity index (χ4v) is 2.40. The van der Waals surface area contributed by atoms with Gasteiger partial charge in [-0.2, -0.15) is 10.2 Å². The Kier molecular flexibility index (Phi) is 3.14. The van der Waals surface area contributed by atoms with Gasteiger partial charge in [-0.15, -0.1) is 0 Å². The molecule has 0 fully saturated rings. The second-order valence-electron chi connectivity index (χ2n) is 5.08. The van der Waals surface area contributed by atoms with Gasteiger partial charge in [-0.3, -0.25) is 14.6 Å². The van der Waals surface area contributed by atoms with Crippen LogP contribution in [0.2, 0.25) is 0 Å². The first-order valence-corrected chi connectivity index (χ1v) is 6.63. The summed E-state index contributed by atoms with van der Waals surface area (Å²) in [6.45, 7) is 3.23. The summed E-state index contributed by atoms with van der Waals surface area (Å²) in [5.74, 6) is -0.0242. The zero-order chi connectivity index (χ0) is 14.1. The molecule has 0 saturated carbocycles. The standard InChI is InChI=1S/C14H17N5O/c1-10-6-13(17-16-10)14(20)19-5-3-4-11(9-19)12-7-15-18(2)8-12/h4,6-8H,3,5,9H2,1-2H3,(H,16,17). The van der Waals surface area contributed by atoms with Crippen molar-refractivity contribution in [2.45, 2.75) is 13.3 Å². The van der Waals surface area contributed by atoms with Crippen LogP contribution in [0.3, 0.4) is 0 Å². The van der Waals surface area contributed by atoms with Gasteiger partial charge in [0.15, 0.2) is 0 Å². The summed E-state index contributed by atoms with van der Waals surface area (Å²) < 4.78 is 1.77. The van der Waals surface area contributed by atoms with Crippen molar-refractivity contribution in [1.29, 1.82) is 0 Å². The van der Waals surface area contributed by atoms with Crippen molar-refractivity contribution in [3.63, 3.8) is 0 Å². The van der Waals surface area contributed by atoms with Gasteiger partial charge in [0.05, 0.1) is 6.20 Å². The molecule has 3 rings (SSSR count). The molecule has 0 unspecified atom stereocenters. The molecular formula is C14H17N5O. The fourth-order valence-electron chi connectivity index (χ4n) is 2.40. The number of carbonyl (C=O) groups is 1. The molecular weight excluding hydrogens is 254 g/mol. The lowest BCUT2D eigenvalue weighted by Crippen LogP contribution is -2.35. The largest absolute Gasteiger partial charge is 0.333 e. The van der Waals surface area contributed by atoms with Crippen molar-refractivity contribution in [2.24, 2.45) is 7.05 Å². The van der Waals surface area contributed by atoms with E-state index in [-0.39, 0.29) is 5.91 Å². The van der Waals surface area contributed by atoms with Crippen LogP contribution in [-0.2, 0) is 7.05 Å². The van der Waals surface area contributed by atoms with Gasteiger partial charge in [-0.25, -0.2) is 0 Å². The van der Waals surface area contributed by atoms with E-state index in [0.29, 0.717) is 12.2 Å². The highest BCUT2D eigenvalue weighted by Gasteiger charge is 2.22. The van der Waals surface area contributed by atoms with Gasteiger partial charge in [0.2, 0.25) is 0 Å². The topological polar surface area (TPSA) is 66.8 Å². The maximum atomic E-state index is 12.4. The highest BCUT2D eigenvalue weighted by molar-refractivity contribution is 5.93. The molecule has 6 nitrogen and oxygen atoms in total. The van der Waals surface area contributed by atoms with Crippen LogP contribution in [0.1, 0.15) is 28.2 Å². The molecule has 0 saturated heterocycles. The number of hydrogen-bond acceptors (Lipinski definition) is 3. The molecule has 0 radical (unpaired) electrons. The molecule has 0 bridgehead atoms. The lowest BCUT2D eigenvalue weighted by atomic mass is 10.0. The summed E-state index contributed by atoms with van der Waals surface area (Å²) in [6, 6.07) is 1.78. The van der Waals surface area contributed by atoms with Crippen LogP contribution in [0.25, 0.3) is 5.57 Å². The maximum absolute atomic E-state index is 12.4. The normalized spacial score (nSPS) is 15.3. The molecule has 1 N–H and O–H groups in total. The van der Waals surface area contributed by atoms with Crippen LogP contribution < -0.4 is 0 Å². The number of carbonyl (C=O) groups excluding carboxylic acids is 1. The second kappa shape index (κ2) is 4.96. The summed E-state index contributed by atoms with van der Waals surface area (Å²) in [5, 5.41) is 11.0. The zero-order valence-corrected chi connectivity index (χ0v) is 11.6. The number of nitrogens with zero attached hydrogens (tertiary/aromatic N) is 4. The Morgan fingerprint density at radius 2 is 2.30 bits per heavy atom. The number of amides is 1. The zero-order valence-electron chi connectivity index (χ0n) is 11.6. The highest BCUT2D eigenvalue weighted by atomic mass is 16.2. The van der Waals surface area contributed by atoms with Crippen molar-refractivity contribution in [2.75, 3.05) is 13.1 Å². The molecule has 3 heterocycles. The van der Waals surface area contributed by atoms with Crippen LogP contribution in [0, 0.1) is 6.92 Å². The highest BCUT2D eigenvalue weighted by Crippen LogP contribution is 2.21. The molecule has 1 aliphatic rings. The number of hydrogen-bond donors (Lipinski definition) is 1. The van der Waals surface area contributed by atoms with Gasteiger partial charge in [-0.1, -0.05) is 6.08 Å². The SMILES string of the molecule is Cc1cc(C(=O)N2CCC=C(c3cnn(C)c3)C2)n[nH]1. The minimum Gasteiger partial charge on any atom is -0.333 e. The first kappa shape index (κ1) is 12.7. The average Bonchev–Trinajstić information content (AvgIpc) is 3.07. The number of H-pyrrole nitrogens is 1. The van der Waals surface area contributed by atoms with E-state index < -0.39 is 0 Å². The van der Waals surface area contributed by atoms with Crippen molar-refractivity contribution < 1.29 is 4.79 Å². The lowest BCUT2D eigenvalue weighted by molar-refractivity contribution is 0.0769. The molecule has 0 atom stereocenters. The average molecular weight is 271 g/mol. The van der Waals surface area contributed by atoms with Crippen molar-refractivity contribution in [3.05, 3.63) is 41.5 Å². The minimum atomic E-state index is -0.0242. The molecule has 1 amide bonds. The van der Waals surface area contributed by atoms with E-state index >= 15 is 0 Å². The predicted molar refractivity (Wildman–Crippen MR) is 75.0 cm³/mol. The summed E-state index contributed by atoms with van der Waals surface area (Å²) in [6.07, 6.45) is 6.84. The van der Waals surface area contributed by atoms with Gasteiger partial charge < -0.3 is 4.90 Å². The molecule has 1 aliphatic heterocycles. The van der Waals surface area contributed by atoms with Gasteiger partial charge in [0, 0.05) is 37.6 Å². The second-order valence-corrected chi connectivity index (χ2v) is 5.08. The van der Waals surface area contributed by atoms with Crippen LogP contribution in [-0.4, -0.2) is 43.9 Å². The number of rotatable bonds is 2. The molecule has 2 aromatic heterocycles. The summed E-state index contributed by atoms with van der Waals surface area (Å²) >= 11 is 0. The van der Waals surface area contributed by atoms with Crippen molar-refractivity contribution >= 4 is 11.5 Å². The number of aromatic amines is 1. The monoisotopic (exact) mass is 271 g/mol. The number of aryl methyl sites for hydroxylation is 2.